The number of rotatable bonds is 11. The van der Waals surface area contributed by atoms with Gasteiger partial charge in [-0.25, -0.2) is 0 Å². The molecule has 2 amide bonds. The van der Waals surface area contributed by atoms with Crippen LogP contribution in [0.3, 0.4) is 0 Å². The molecule has 0 spiro atoms. The monoisotopic (exact) mass is 547 g/mol. The Morgan fingerprint density at radius 2 is 1.90 bits per heavy atom. The molecule has 9 heteroatoms. The first-order chi connectivity index (χ1) is 18.9. The fraction of sp³-hybridized carbons (Fsp3) is 0.333. The lowest BCUT2D eigenvalue weighted by Gasteiger charge is -2.37. The summed E-state index contributed by atoms with van der Waals surface area (Å²) in [5, 5.41) is 13.0. The molecule has 39 heavy (non-hydrogen) atoms. The van der Waals surface area contributed by atoms with Gasteiger partial charge in [-0.15, -0.1) is 11.3 Å². The zero-order chi connectivity index (χ0) is 27.8. The molecule has 1 unspecified atom stereocenters. The van der Waals surface area contributed by atoms with Crippen molar-refractivity contribution in [2.75, 3.05) is 32.8 Å². The van der Waals surface area contributed by atoms with Gasteiger partial charge < -0.3 is 14.5 Å². The lowest BCUT2D eigenvalue weighted by Crippen LogP contribution is -2.46. The van der Waals surface area contributed by atoms with Crippen LogP contribution in [0, 0.1) is 17.0 Å². The third-order valence-electron chi connectivity index (χ3n) is 6.76. The van der Waals surface area contributed by atoms with Gasteiger partial charge >= 0.3 is 0 Å². The largest absolute Gasteiger partial charge is 0.382 e. The number of thiophene rings is 1. The van der Waals surface area contributed by atoms with Crippen molar-refractivity contribution in [1.29, 1.82) is 0 Å². The average molecular weight is 548 g/mol. The van der Waals surface area contributed by atoms with Crippen LogP contribution in [0.5, 0.6) is 0 Å². The van der Waals surface area contributed by atoms with Crippen molar-refractivity contribution < 1.29 is 19.2 Å². The van der Waals surface area contributed by atoms with Crippen molar-refractivity contribution in [2.45, 2.75) is 32.7 Å². The standard InChI is InChI=1S/C30H33N3O5S/c1-3-38-19-4-17-31(28(34)14-9-23-7-12-25(13-8-23)33(36)37)21-29(35)32-18-15-27-26(16-20-39-27)30(32)24-10-5-22(2)6-11-24/h5-14,16,20,30H,3-4,15,17-19,21H2,1-2H3/b14-9+. The maximum Gasteiger partial charge on any atom is 0.269 e. The van der Waals surface area contributed by atoms with Gasteiger partial charge in [-0.2, -0.15) is 0 Å². The summed E-state index contributed by atoms with van der Waals surface area (Å²) in [6.07, 6.45) is 4.42. The van der Waals surface area contributed by atoms with E-state index in [-0.39, 0.29) is 30.1 Å². The van der Waals surface area contributed by atoms with Crippen LogP contribution >= 0.6 is 11.3 Å². The number of ether oxygens (including phenoxy) is 1. The number of nitro benzene ring substituents is 1. The zero-order valence-electron chi connectivity index (χ0n) is 22.2. The Hall–Kier alpha value is -3.82. The lowest BCUT2D eigenvalue weighted by molar-refractivity contribution is -0.384. The Morgan fingerprint density at radius 1 is 1.15 bits per heavy atom. The Balaban J connectivity index is 1.53. The predicted molar refractivity (Wildman–Crippen MR) is 153 cm³/mol. The normalized spacial score (nSPS) is 14.8. The second kappa shape index (κ2) is 13.3. The fourth-order valence-electron chi connectivity index (χ4n) is 4.70. The van der Waals surface area contributed by atoms with Crippen LogP contribution in [-0.2, 0) is 20.7 Å². The highest BCUT2D eigenvalue weighted by atomic mass is 32.1. The molecular formula is C30H33N3O5S. The van der Waals surface area contributed by atoms with Gasteiger partial charge in [0, 0.05) is 49.4 Å². The van der Waals surface area contributed by atoms with E-state index in [0.717, 1.165) is 23.1 Å². The molecule has 1 aliphatic rings. The van der Waals surface area contributed by atoms with Gasteiger partial charge in [-0.3, -0.25) is 19.7 Å². The third-order valence-corrected chi connectivity index (χ3v) is 7.76. The fourth-order valence-corrected chi connectivity index (χ4v) is 5.60. The number of carbonyl (C=O) groups excluding carboxylic acids is 2. The van der Waals surface area contributed by atoms with Gasteiger partial charge in [-0.1, -0.05) is 29.8 Å². The zero-order valence-corrected chi connectivity index (χ0v) is 23.1. The molecule has 2 heterocycles. The molecule has 1 aromatic heterocycles. The van der Waals surface area contributed by atoms with E-state index in [1.54, 1.807) is 34.4 Å². The molecule has 0 N–H and O–H groups in total. The summed E-state index contributed by atoms with van der Waals surface area (Å²) in [6.45, 7) is 5.96. The number of hydrogen-bond acceptors (Lipinski definition) is 6. The smallest absolute Gasteiger partial charge is 0.269 e. The highest BCUT2D eigenvalue weighted by Gasteiger charge is 2.33. The number of non-ortho nitro benzene ring substituents is 1. The first-order valence-corrected chi connectivity index (χ1v) is 14.0. The van der Waals surface area contributed by atoms with Gasteiger partial charge in [-0.05, 0) is 73.0 Å². The van der Waals surface area contributed by atoms with Crippen molar-refractivity contribution in [3.63, 3.8) is 0 Å². The Bertz CT molecular complexity index is 1320. The van der Waals surface area contributed by atoms with E-state index in [0.29, 0.717) is 38.3 Å². The van der Waals surface area contributed by atoms with Crippen LogP contribution in [0.4, 0.5) is 5.69 Å². The predicted octanol–water partition coefficient (Wildman–Crippen LogP) is 5.41. The van der Waals surface area contributed by atoms with Crippen LogP contribution in [-0.4, -0.2) is 59.4 Å². The molecule has 0 saturated heterocycles. The molecule has 0 fully saturated rings. The number of nitro groups is 1. The summed E-state index contributed by atoms with van der Waals surface area (Å²) in [6, 6.07) is 16.1. The number of benzene rings is 2. The van der Waals surface area contributed by atoms with Crippen LogP contribution < -0.4 is 0 Å². The van der Waals surface area contributed by atoms with Gasteiger partial charge in [0.05, 0.1) is 11.0 Å². The van der Waals surface area contributed by atoms with Crippen molar-refractivity contribution in [1.82, 2.24) is 9.80 Å². The number of aryl methyl sites for hydroxylation is 1. The van der Waals surface area contributed by atoms with Crippen LogP contribution in [0.25, 0.3) is 6.08 Å². The maximum absolute atomic E-state index is 13.8. The minimum Gasteiger partial charge on any atom is -0.382 e. The molecule has 0 bridgehead atoms. The molecule has 3 aromatic rings. The summed E-state index contributed by atoms with van der Waals surface area (Å²) in [7, 11) is 0. The SMILES string of the molecule is CCOCCCN(CC(=O)N1CCc2sccc2C1c1ccc(C)cc1)C(=O)/C=C/c1ccc([N+](=O)[O-])cc1. The Kier molecular flexibility index (Phi) is 9.62. The number of amides is 2. The average Bonchev–Trinajstić information content (AvgIpc) is 3.42. The van der Waals surface area contributed by atoms with Crippen LogP contribution in [0.15, 0.2) is 66.1 Å². The minimum atomic E-state index is -0.464. The van der Waals surface area contributed by atoms with Gasteiger partial charge in [0.15, 0.2) is 0 Å². The minimum absolute atomic E-state index is 0.0138. The molecule has 0 aliphatic carbocycles. The van der Waals surface area contributed by atoms with Crippen molar-refractivity contribution >= 4 is 34.9 Å². The lowest BCUT2D eigenvalue weighted by atomic mass is 9.92. The summed E-state index contributed by atoms with van der Waals surface area (Å²) < 4.78 is 5.45. The summed E-state index contributed by atoms with van der Waals surface area (Å²) >= 11 is 1.72. The van der Waals surface area contributed by atoms with E-state index in [4.69, 9.17) is 4.74 Å². The summed E-state index contributed by atoms with van der Waals surface area (Å²) in [4.78, 5) is 42.2. The third kappa shape index (κ3) is 7.19. The Labute approximate surface area is 232 Å². The number of fused-ring (bicyclic) bond motifs is 1. The first kappa shape index (κ1) is 28.2. The molecule has 0 radical (unpaired) electrons. The summed E-state index contributed by atoms with van der Waals surface area (Å²) in [5.41, 5.74) is 4.01. The van der Waals surface area contributed by atoms with Crippen LogP contribution in [0.2, 0.25) is 0 Å². The Morgan fingerprint density at radius 3 is 2.59 bits per heavy atom. The van der Waals surface area contributed by atoms with E-state index in [1.165, 1.54) is 23.1 Å². The number of hydrogen-bond donors (Lipinski definition) is 0. The molecule has 1 aliphatic heterocycles. The molecule has 8 nitrogen and oxygen atoms in total. The van der Waals surface area contributed by atoms with E-state index >= 15 is 0 Å². The number of nitrogens with zero attached hydrogens (tertiary/aromatic N) is 3. The topological polar surface area (TPSA) is 93.0 Å². The van der Waals surface area contributed by atoms with E-state index in [1.807, 2.05) is 18.7 Å². The molecule has 204 valence electrons. The maximum atomic E-state index is 13.8. The molecule has 4 rings (SSSR count). The molecule has 0 saturated carbocycles. The van der Waals surface area contributed by atoms with Crippen molar-refractivity contribution in [3.05, 3.63) is 103 Å². The molecule has 2 aromatic carbocycles. The number of carbonyl (C=O) groups is 2. The van der Waals surface area contributed by atoms with Crippen LogP contribution in [0.1, 0.15) is 46.5 Å². The van der Waals surface area contributed by atoms with Gasteiger partial charge in [0.25, 0.3) is 5.69 Å². The summed E-state index contributed by atoms with van der Waals surface area (Å²) in [5.74, 6) is -0.399. The molecular weight excluding hydrogens is 514 g/mol. The highest BCUT2D eigenvalue weighted by Crippen LogP contribution is 2.38. The van der Waals surface area contributed by atoms with E-state index in [2.05, 4.69) is 35.7 Å². The van der Waals surface area contributed by atoms with Gasteiger partial charge in [0.2, 0.25) is 11.8 Å². The van der Waals surface area contributed by atoms with Crippen molar-refractivity contribution in [3.8, 4) is 0 Å². The highest BCUT2D eigenvalue weighted by molar-refractivity contribution is 7.10. The van der Waals surface area contributed by atoms with E-state index < -0.39 is 4.92 Å². The first-order valence-electron chi connectivity index (χ1n) is 13.1. The van der Waals surface area contributed by atoms with Gasteiger partial charge in [0.1, 0.15) is 6.54 Å². The van der Waals surface area contributed by atoms with E-state index in [9.17, 15) is 19.7 Å². The second-order valence-corrected chi connectivity index (χ2v) is 10.4. The quantitative estimate of drug-likeness (QED) is 0.139. The van der Waals surface area contributed by atoms with Crippen molar-refractivity contribution in [2.24, 2.45) is 0 Å². The second-order valence-electron chi connectivity index (χ2n) is 9.44. The molecule has 1 atom stereocenters.